The number of ether oxygens (including phenoxy) is 1. The molecule has 0 saturated heterocycles. The third-order valence-electron chi connectivity index (χ3n) is 5.87. The van der Waals surface area contributed by atoms with Crippen molar-refractivity contribution in [3.63, 3.8) is 0 Å². The van der Waals surface area contributed by atoms with E-state index >= 15 is 0 Å². The molecule has 1 aromatic heterocycles. The van der Waals surface area contributed by atoms with Crippen LogP contribution >= 0.6 is 0 Å². The summed E-state index contributed by atoms with van der Waals surface area (Å²) in [6, 6.07) is 4.69. The van der Waals surface area contributed by atoms with Gasteiger partial charge in [-0.1, -0.05) is 31.7 Å². The predicted octanol–water partition coefficient (Wildman–Crippen LogP) is 0.128. The van der Waals surface area contributed by atoms with Crippen molar-refractivity contribution in [2.75, 3.05) is 13.7 Å². The Kier molecular flexibility index (Phi) is 7.60. The first-order valence-electron chi connectivity index (χ1n) is 10.8. The molecule has 10 nitrogen and oxygen atoms in total. The SMILES string of the molecule is COC[C@H](O)Cn1c(=O)cnn(-c2ccc(CC3(O)CCCCCC3)c(C(N)=O)c2)c1=O. The number of aromatic nitrogens is 3. The van der Waals surface area contributed by atoms with Crippen LogP contribution in [0.2, 0.25) is 0 Å². The van der Waals surface area contributed by atoms with Crippen LogP contribution in [0.15, 0.2) is 34.0 Å². The van der Waals surface area contributed by atoms with Crippen LogP contribution < -0.4 is 17.0 Å². The molecule has 1 aromatic carbocycles. The summed E-state index contributed by atoms with van der Waals surface area (Å²) >= 11 is 0. The number of methoxy groups -OCH3 is 1. The molecule has 1 aliphatic rings. The topological polar surface area (TPSA) is 150 Å². The fourth-order valence-corrected chi connectivity index (χ4v) is 4.23. The number of aliphatic hydroxyl groups is 2. The van der Waals surface area contributed by atoms with Crippen molar-refractivity contribution in [2.45, 2.75) is 63.2 Å². The van der Waals surface area contributed by atoms with Crippen molar-refractivity contribution in [3.05, 3.63) is 56.4 Å². The van der Waals surface area contributed by atoms with Gasteiger partial charge in [-0.2, -0.15) is 9.78 Å². The van der Waals surface area contributed by atoms with E-state index in [4.69, 9.17) is 10.5 Å². The maximum Gasteiger partial charge on any atom is 0.352 e. The molecule has 174 valence electrons. The van der Waals surface area contributed by atoms with Crippen LogP contribution in [-0.2, 0) is 17.7 Å². The van der Waals surface area contributed by atoms with Gasteiger partial charge >= 0.3 is 5.69 Å². The molecule has 1 heterocycles. The number of primary amides is 1. The first kappa shape index (κ1) is 23.8. The molecule has 1 fully saturated rings. The molecule has 1 amide bonds. The summed E-state index contributed by atoms with van der Waals surface area (Å²) in [6.45, 7) is -0.306. The van der Waals surface area contributed by atoms with Crippen molar-refractivity contribution >= 4 is 5.91 Å². The van der Waals surface area contributed by atoms with Crippen molar-refractivity contribution in [1.29, 1.82) is 0 Å². The lowest BCUT2D eigenvalue weighted by atomic mass is 9.85. The Hall–Kier alpha value is -2.82. The normalized spacial score (nSPS) is 17.0. The second-order valence-corrected chi connectivity index (χ2v) is 8.42. The zero-order valence-corrected chi connectivity index (χ0v) is 18.2. The zero-order chi connectivity index (χ0) is 23.3. The third kappa shape index (κ3) is 5.50. The fraction of sp³-hybridized carbons (Fsp3) is 0.545. The third-order valence-corrected chi connectivity index (χ3v) is 5.87. The average Bonchev–Trinajstić information content (AvgIpc) is 2.96. The zero-order valence-electron chi connectivity index (χ0n) is 18.2. The van der Waals surface area contributed by atoms with Gasteiger partial charge in [-0.15, -0.1) is 0 Å². The van der Waals surface area contributed by atoms with Gasteiger partial charge in [0, 0.05) is 19.1 Å². The molecule has 2 aromatic rings. The molecule has 0 radical (unpaired) electrons. The van der Waals surface area contributed by atoms with Gasteiger partial charge in [0.05, 0.1) is 30.5 Å². The number of amides is 1. The fourth-order valence-electron chi connectivity index (χ4n) is 4.23. The molecule has 0 bridgehead atoms. The summed E-state index contributed by atoms with van der Waals surface area (Å²) in [6.07, 6.45) is 5.52. The molecule has 0 aliphatic heterocycles. The van der Waals surface area contributed by atoms with Crippen LogP contribution in [0.5, 0.6) is 0 Å². The summed E-state index contributed by atoms with van der Waals surface area (Å²) in [4.78, 5) is 37.1. The highest BCUT2D eigenvalue weighted by Gasteiger charge is 2.30. The molecule has 1 saturated carbocycles. The lowest BCUT2D eigenvalue weighted by Crippen LogP contribution is -2.43. The monoisotopic (exact) mass is 446 g/mol. The van der Waals surface area contributed by atoms with Crippen LogP contribution in [0.25, 0.3) is 5.69 Å². The Labute approximate surface area is 185 Å². The summed E-state index contributed by atoms with van der Waals surface area (Å²) < 4.78 is 6.66. The van der Waals surface area contributed by atoms with Crippen LogP contribution in [0.1, 0.15) is 54.4 Å². The number of benzene rings is 1. The lowest BCUT2D eigenvalue weighted by molar-refractivity contribution is 0.0251. The van der Waals surface area contributed by atoms with Crippen LogP contribution in [0, 0.1) is 0 Å². The minimum absolute atomic E-state index is 0.0440. The van der Waals surface area contributed by atoms with Gasteiger partial charge in [0.1, 0.15) is 6.20 Å². The second-order valence-electron chi connectivity index (χ2n) is 8.42. The van der Waals surface area contributed by atoms with Crippen LogP contribution in [0.4, 0.5) is 0 Å². The van der Waals surface area contributed by atoms with Gasteiger partial charge in [-0.3, -0.25) is 14.2 Å². The number of nitrogens with two attached hydrogens (primary N) is 1. The first-order chi connectivity index (χ1) is 15.2. The number of rotatable bonds is 8. The Balaban J connectivity index is 1.97. The highest BCUT2D eigenvalue weighted by atomic mass is 16.5. The molecule has 1 aliphatic carbocycles. The number of nitrogens with zero attached hydrogens (tertiary/aromatic N) is 3. The molecular weight excluding hydrogens is 416 g/mol. The Bertz CT molecular complexity index is 1070. The molecule has 0 spiro atoms. The highest BCUT2D eigenvalue weighted by molar-refractivity contribution is 5.95. The summed E-state index contributed by atoms with van der Waals surface area (Å²) in [5.41, 5.74) is 4.30. The largest absolute Gasteiger partial charge is 0.390 e. The smallest absolute Gasteiger partial charge is 0.352 e. The molecular formula is C22H30N4O6. The quantitative estimate of drug-likeness (QED) is 0.488. The van der Waals surface area contributed by atoms with Gasteiger partial charge in [-0.25, -0.2) is 4.79 Å². The van der Waals surface area contributed by atoms with Crippen LogP contribution in [0.3, 0.4) is 0 Å². The molecule has 4 N–H and O–H groups in total. The van der Waals surface area contributed by atoms with E-state index in [1.165, 1.54) is 13.2 Å². The number of aliphatic hydroxyl groups excluding tert-OH is 1. The highest BCUT2D eigenvalue weighted by Crippen LogP contribution is 2.31. The average molecular weight is 447 g/mol. The number of carbonyl (C=O) groups is 1. The van der Waals surface area contributed by atoms with Crippen LogP contribution in [-0.4, -0.2) is 55.9 Å². The molecule has 10 heteroatoms. The van der Waals surface area contributed by atoms with Gasteiger partial charge in [0.2, 0.25) is 5.91 Å². The van der Waals surface area contributed by atoms with E-state index in [1.54, 1.807) is 12.1 Å². The number of carbonyl (C=O) groups excluding carboxylic acids is 1. The van der Waals surface area contributed by atoms with Gasteiger partial charge in [0.25, 0.3) is 5.56 Å². The predicted molar refractivity (Wildman–Crippen MR) is 117 cm³/mol. The van der Waals surface area contributed by atoms with E-state index in [1.807, 2.05) is 0 Å². The minimum Gasteiger partial charge on any atom is -0.390 e. The van der Waals surface area contributed by atoms with Crippen molar-refractivity contribution in [2.24, 2.45) is 5.73 Å². The molecule has 1 atom stereocenters. The molecule has 0 unspecified atom stereocenters. The van der Waals surface area contributed by atoms with Gasteiger partial charge in [0.15, 0.2) is 0 Å². The lowest BCUT2D eigenvalue weighted by Gasteiger charge is -2.27. The number of hydrogen-bond donors (Lipinski definition) is 3. The van der Waals surface area contributed by atoms with E-state index in [9.17, 15) is 24.6 Å². The van der Waals surface area contributed by atoms with Crippen molar-refractivity contribution in [3.8, 4) is 5.69 Å². The summed E-state index contributed by atoms with van der Waals surface area (Å²) in [5, 5.41) is 24.9. The second kappa shape index (κ2) is 10.2. The Morgan fingerprint density at radius 3 is 2.56 bits per heavy atom. The maximum absolute atomic E-state index is 12.9. The molecule has 3 rings (SSSR count). The number of hydrogen-bond acceptors (Lipinski definition) is 7. The van der Waals surface area contributed by atoms with Gasteiger partial charge < -0.3 is 20.7 Å². The maximum atomic E-state index is 12.9. The molecule has 32 heavy (non-hydrogen) atoms. The first-order valence-corrected chi connectivity index (χ1v) is 10.8. The van der Waals surface area contributed by atoms with E-state index < -0.39 is 28.9 Å². The van der Waals surface area contributed by atoms with Crippen molar-refractivity contribution < 1.29 is 19.7 Å². The Morgan fingerprint density at radius 1 is 1.25 bits per heavy atom. The van der Waals surface area contributed by atoms with E-state index in [2.05, 4.69) is 5.10 Å². The summed E-state index contributed by atoms with van der Waals surface area (Å²) in [5.74, 6) is -0.684. The minimum atomic E-state index is -1.05. The van der Waals surface area contributed by atoms with E-state index in [0.717, 1.165) is 41.1 Å². The Morgan fingerprint density at radius 2 is 1.94 bits per heavy atom. The van der Waals surface area contributed by atoms with Gasteiger partial charge in [-0.05, 0) is 30.5 Å². The summed E-state index contributed by atoms with van der Waals surface area (Å²) in [7, 11) is 1.40. The standard InChI is InChI=1S/C22H30N4O6/c1-32-14-17(27)13-25-19(28)12-24-26(21(25)30)16-7-6-15(18(10-16)20(23)29)11-22(31)8-4-2-3-5-9-22/h6-7,10,12,17,27,31H,2-5,8-9,11,13-14H2,1H3,(H2,23,29)/t17-/m1/s1. The van der Waals surface area contributed by atoms with E-state index in [-0.39, 0.29) is 30.8 Å². The van der Waals surface area contributed by atoms with Crippen molar-refractivity contribution in [1.82, 2.24) is 14.3 Å². The van der Waals surface area contributed by atoms with E-state index in [0.29, 0.717) is 18.4 Å².